The van der Waals surface area contributed by atoms with Crippen LogP contribution in [0, 0.1) is 6.92 Å². The quantitative estimate of drug-likeness (QED) is 0.358. The lowest BCUT2D eigenvalue weighted by atomic mass is 9.97. The highest BCUT2D eigenvalue weighted by Gasteiger charge is 2.36. The van der Waals surface area contributed by atoms with Gasteiger partial charge in [-0.1, -0.05) is 56.3 Å². The third-order valence-corrected chi connectivity index (χ3v) is 6.96. The fraction of sp³-hybridized carbons (Fsp3) is 0.300. The zero-order valence-electron chi connectivity index (χ0n) is 22.2. The van der Waals surface area contributed by atoms with E-state index in [-0.39, 0.29) is 25.2 Å². The van der Waals surface area contributed by atoms with Crippen LogP contribution in [0.1, 0.15) is 60.8 Å². The first-order valence-electron chi connectivity index (χ1n) is 13.0. The Hall–Kier alpha value is -4.33. The highest BCUT2D eigenvalue weighted by molar-refractivity contribution is 5.81. The van der Waals surface area contributed by atoms with Gasteiger partial charge in [0.15, 0.2) is 0 Å². The molecule has 2 aromatic heterocycles. The van der Waals surface area contributed by atoms with E-state index in [0.29, 0.717) is 12.5 Å². The number of esters is 1. The molecule has 0 saturated heterocycles. The van der Waals surface area contributed by atoms with Gasteiger partial charge >= 0.3 is 12.0 Å². The van der Waals surface area contributed by atoms with Gasteiger partial charge in [0.25, 0.3) is 0 Å². The average Bonchev–Trinajstić information content (AvgIpc) is 3.48. The Kier molecular flexibility index (Phi) is 7.05. The molecule has 1 atom stereocenters. The Labute approximate surface area is 222 Å². The zero-order chi connectivity index (χ0) is 26.8. The number of amides is 2. The molecule has 196 valence electrons. The van der Waals surface area contributed by atoms with Gasteiger partial charge in [-0.3, -0.25) is 4.79 Å². The number of fused-ring (bicyclic) bond motifs is 3. The Bertz CT molecular complexity index is 1440. The van der Waals surface area contributed by atoms with Gasteiger partial charge in [-0.25, -0.2) is 9.48 Å². The second-order valence-corrected chi connectivity index (χ2v) is 9.75. The molecule has 8 nitrogen and oxygen atoms in total. The fourth-order valence-electron chi connectivity index (χ4n) is 5.02. The third-order valence-electron chi connectivity index (χ3n) is 6.96. The summed E-state index contributed by atoms with van der Waals surface area (Å²) in [5, 5.41) is 7.65. The van der Waals surface area contributed by atoms with Crippen molar-refractivity contribution in [1.82, 2.24) is 24.6 Å². The van der Waals surface area contributed by atoms with E-state index in [1.807, 2.05) is 60.3 Å². The van der Waals surface area contributed by atoms with Crippen LogP contribution in [0.4, 0.5) is 4.79 Å². The minimum absolute atomic E-state index is 0.196. The van der Waals surface area contributed by atoms with Crippen molar-refractivity contribution in [2.24, 2.45) is 0 Å². The number of aromatic nitrogens is 3. The van der Waals surface area contributed by atoms with Crippen LogP contribution >= 0.6 is 0 Å². The van der Waals surface area contributed by atoms with Crippen LogP contribution in [0.5, 0.6) is 0 Å². The molecular weight excluding hydrogens is 478 g/mol. The topological polar surface area (TPSA) is 81.4 Å². The Morgan fingerprint density at radius 2 is 1.79 bits per heavy atom. The number of rotatable bonds is 6. The second-order valence-electron chi connectivity index (χ2n) is 9.75. The van der Waals surface area contributed by atoms with E-state index in [2.05, 4.69) is 48.0 Å². The molecule has 1 aliphatic heterocycles. The molecule has 0 bridgehead atoms. The summed E-state index contributed by atoms with van der Waals surface area (Å²) in [5.74, 6) is 0.832. The van der Waals surface area contributed by atoms with Gasteiger partial charge in [-0.15, -0.1) is 0 Å². The monoisotopic (exact) mass is 511 g/mol. The summed E-state index contributed by atoms with van der Waals surface area (Å²) in [6.07, 6.45) is 2.02. The summed E-state index contributed by atoms with van der Waals surface area (Å²) in [5.41, 5.74) is 5.87. The molecule has 2 amide bonds. The number of aryl methyl sites for hydroxylation is 1. The van der Waals surface area contributed by atoms with E-state index >= 15 is 0 Å². The van der Waals surface area contributed by atoms with Gasteiger partial charge in [0.1, 0.15) is 12.4 Å². The van der Waals surface area contributed by atoms with Crippen molar-refractivity contribution in [2.45, 2.75) is 46.2 Å². The molecule has 2 aromatic carbocycles. The maximum atomic E-state index is 13.7. The molecule has 3 heterocycles. The van der Waals surface area contributed by atoms with Gasteiger partial charge in [0.05, 0.1) is 36.3 Å². The first-order valence-corrected chi connectivity index (χ1v) is 13.0. The second kappa shape index (κ2) is 10.6. The molecule has 8 heteroatoms. The summed E-state index contributed by atoms with van der Waals surface area (Å²) in [6, 6.07) is 21.7. The van der Waals surface area contributed by atoms with Crippen molar-refractivity contribution in [2.75, 3.05) is 13.2 Å². The summed E-state index contributed by atoms with van der Waals surface area (Å²) < 4.78 is 9.10. The number of hydrogen-bond donors (Lipinski definition) is 1. The van der Waals surface area contributed by atoms with Crippen molar-refractivity contribution in [3.63, 3.8) is 0 Å². The number of carbonyl (C=O) groups excluding carboxylic acids is 2. The molecule has 0 radical (unpaired) electrons. The Morgan fingerprint density at radius 3 is 2.47 bits per heavy atom. The number of ether oxygens (including phenoxy) is 1. The molecule has 5 rings (SSSR count). The third kappa shape index (κ3) is 4.69. The van der Waals surface area contributed by atoms with E-state index in [1.54, 1.807) is 11.8 Å². The summed E-state index contributed by atoms with van der Waals surface area (Å²) in [7, 11) is 0. The molecule has 0 fully saturated rings. The van der Waals surface area contributed by atoms with Crippen LogP contribution < -0.4 is 5.32 Å². The van der Waals surface area contributed by atoms with E-state index < -0.39 is 5.97 Å². The van der Waals surface area contributed by atoms with Crippen molar-refractivity contribution in [3.8, 4) is 11.5 Å². The van der Waals surface area contributed by atoms with Crippen LogP contribution in [0.15, 0.2) is 72.9 Å². The molecule has 0 unspecified atom stereocenters. The molecular formula is C30H33N5O3. The predicted octanol–water partition coefficient (Wildman–Crippen LogP) is 5.27. The normalized spacial score (nSPS) is 14.6. The van der Waals surface area contributed by atoms with Gasteiger partial charge in [-0.2, -0.15) is 5.10 Å². The van der Waals surface area contributed by atoms with Crippen LogP contribution in [-0.4, -0.2) is 44.4 Å². The highest BCUT2D eigenvalue weighted by Crippen LogP contribution is 2.38. The van der Waals surface area contributed by atoms with E-state index in [1.165, 1.54) is 5.56 Å². The molecule has 0 saturated carbocycles. The van der Waals surface area contributed by atoms with Crippen LogP contribution in [0.25, 0.3) is 11.5 Å². The first kappa shape index (κ1) is 25.3. The Morgan fingerprint density at radius 1 is 1.05 bits per heavy atom. The van der Waals surface area contributed by atoms with E-state index in [4.69, 9.17) is 9.84 Å². The van der Waals surface area contributed by atoms with Crippen molar-refractivity contribution < 1.29 is 14.3 Å². The van der Waals surface area contributed by atoms with Gasteiger partial charge in [0, 0.05) is 11.8 Å². The van der Waals surface area contributed by atoms with Crippen molar-refractivity contribution >= 4 is 12.0 Å². The van der Waals surface area contributed by atoms with Crippen LogP contribution in [0.2, 0.25) is 0 Å². The zero-order valence-corrected chi connectivity index (χ0v) is 22.2. The average molecular weight is 512 g/mol. The number of nitrogens with one attached hydrogen (secondary N) is 1. The SMILES string of the molecule is CCOC(=O)CNC(=O)N1Cc2c(C)nn(-c3ccccc3)c2-n2cccc2[C@H]1c1ccc(C(C)C)cc1. The number of benzene rings is 2. The number of para-hydroxylation sites is 1. The fourth-order valence-corrected chi connectivity index (χ4v) is 5.02. The first-order chi connectivity index (χ1) is 18.4. The molecule has 38 heavy (non-hydrogen) atoms. The molecule has 1 aliphatic rings. The van der Waals surface area contributed by atoms with Gasteiger partial charge in [0.2, 0.25) is 0 Å². The van der Waals surface area contributed by atoms with Crippen LogP contribution in [0.3, 0.4) is 0 Å². The Balaban J connectivity index is 1.64. The van der Waals surface area contributed by atoms with Crippen molar-refractivity contribution in [3.05, 3.63) is 101 Å². The lowest BCUT2D eigenvalue weighted by Crippen LogP contribution is -2.44. The number of nitrogens with zero attached hydrogens (tertiary/aromatic N) is 4. The smallest absolute Gasteiger partial charge is 0.325 e. The van der Waals surface area contributed by atoms with E-state index in [9.17, 15) is 9.59 Å². The highest BCUT2D eigenvalue weighted by atomic mass is 16.5. The summed E-state index contributed by atoms with van der Waals surface area (Å²) >= 11 is 0. The van der Waals surface area contributed by atoms with Gasteiger partial charge < -0.3 is 19.5 Å². The largest absolute Gasteiger partial charge is 0.465 e. The molecule has 0 spiro atoms. The minimum Gasteiger partial charge on any atom is -0.465 e. The number of carbonyl (C=O) groups is 2. The summed E-state index contributed by atoms with van der Waals surface area (Å²) in [6.45, 7) is 8.42. The minimum atomic E-state index is -0.467. The maximum absolute atomic E-state index is 13.7. The lowest BCUT2D eigenvalue weighted by Gasteiger charge is -2.31. The van der Waals surface area contributed by atoms with Crippen molar-refractivity contribution in [1.29, 1.82) is 0 Å². The lowest BCUT2D eigenvalue weighted by molar-refractivity contribution is -0.141. The van der Waals surface area contributed by atoms with E-state index in [0.717, 1.165) is 34.0 Å². The number of hydrogen-bond acceptors (Lipinski definition) is 4. The van der Waals surface area contributed by atoms with Crippen LogP contribution in [-0.2, 0) is 16.1 Å². The predicted molar refractivity (Wildman–Crippen MR) is 146 cm³/mol. The molecule has 4 aromatic rings. The molecule has 0 aliphatic carbocycles. The standard InChI is InChI=1S/C30H33N5O3/c1-5-38-27(36)18-31-30(37)34-19-25-21(4)32-35(24-10-7-6-8-11-24)29(25)33-17-9-12-26(33)28(34)23-15-13-22(14-16-23)20(2)3/h6-17,20,28H,5,18-19H2,1-4H3,(H,31,37)/t28-/m1/s1. The maximum Gasteiger partial charge on any atom is 0.325 e. The van der Waals surface area contributed by atoms with Gasteiger partial charge in [-0.05, 0) is 55.2 Å². The summed E-state index contributed by atoms with van der Waals surface area (Å²) in [4.78, 5) is 27.5. The molecule has 1 N–H and O–H groups in total. The number of urea groups is 1.